The van der Waals surface area contributed by atoms with E-state index in [1.165, 1.54) is 55.6 Å². The molecule has 2 N–H and O–H groups in total. The minimum Gasteiger partial charge on any atom is -0.352 e. The number of halogens is 1. The molecule has 1 aliphatic rings. The summed E-state index contributed by atoms with van der Waals surface area (Å²) < 4.78 is 13.3. The van der Waals surface area contributed by atoms with Crippen molar-refractivity contribution in [2.24, 2.45) is 4.99 Å². The van der Waals surface area contributed by atoms with Crippen molar-refractivity contribution in [2.45, 2.75) is 38.9 Å². The molecule has 5 heteroatoms. The molecule has 1 fully saturated rings. The molecule has 1 saturated heterocycles. The van der Waals surface area contributed by atoms with Gasteiger partial charge >= 0.3 is 0 Å². The molecule has 0 bridgehead atoms. The minimum absolute atomic E-state index is 0.219. The lowest BCUT2D eigenvalue weighted by Crippen LogP contribution is -2.36. The summed E-state index contributed by atoms with van der Waals surface area (Å²) >= 11 is 0. The van der Waals surface area contributed by atoms with Crippen molar-refractivity contribution in [3.05, 3.63) is 71.0 Å². The Kier molecular flexibility index (Phi) is 7.22. The van der Waals surface area contributed by atoms with E-state index in [2.05, 4.69) is 44.8 Å². The lowest BCUT2D eigenvalue weighted by Gasteiger charge is -2.27. The second-order valence-electron chi connectivity index (χ2n) is 7.01. The predicted octanol–water partition coefficient (Wildman–Crippen LogP) is 3.68. The Labute approximate surface area is 161 Å². The van der Waals surface area contributed by atoms with E-state index in [-0.39, 0.29) is 5.82 Å². The zero-order valence-electron chi connectivity index (χ0n) is 16.0. The normalized spacial score (nSPS) is 15.6. The first-order valence-corrected chi connectivity index (χ1v) is 9.72. The molecular weight excluding hydrogens is 339 g/mol. The standard InChI is InChI=1S/C22H29FN4/c1-24-22(25-15-18-8-7-11-21(23)14-18)26-16-19-9-3-4-10-20(19)17-27-12-5-2-6-13-27/h3-4,7-11,14H,2,5-6,12-13,15-17H2,1H3,(H2,24,25,26). The summed E-state index contributed by atoms with van der Waals surface area (Å²) in [6, 6.07) is 15.2. The highest BCUT2D eigenvalue weighted by atomic mass is 19.1. The van der Waals surface area contributed by atoms with Gasteiger partial charge in [-0.15, -0.1) is 0 Å². The lowest BCUT2D eigenvalue weighted by atomic mass is 10.0. The molecule has 3 rings (SSSR count). The van der Waals surface area contributed by atoms with Gasteiger partial charge in [-0.3, -0.25) is 9.89 Å². The molecule has 27 heavy (non-hydrogen) atoms. The SMILES string of the molecule is CN=C(NCc1cccc(F)c1)NCc1ccccc1CN1CCCCC1. The Hall–Kier alpha value is -2.40. The molecule has 2 aromatic carbocycles. The molecule has 4 nitrogen and oxygen atoms in total. The van der Waals surface area contributed by atoms with Gasteiger partial charge < -0.3 is 10.6 Å². The van der Waals surface area contributed by atoms with Crippen molar-refractivity contribution in [3.8, 4) is 0 Å². The largest absolute Gasteiger partial charge is 0.352 e. The fraction of sp³-hybridized carbons (Fsp3) is 0.409. The van der Waals surface area contributed by atoms with Gasteiger partial charge in [0.2, 0.25) is 0 Å². The molecule has 0 amide bonds. The number of aliphatic imine (C=N–C) groups is 1. The highest BCUT2D eigenvalue weighted by molar-refractivity contribution is 5.79. The van der Waals surface area contributed by atoms with Crippen molar-refractivity contribution in [2.75, 3.05) is 20.1 Å². The van der Waals surface area contributed by atoms with Gasteiger partial charge in [0.1, 0.15) is 5.82 Å². The molecule has 0 saturated carbocycles. The van der Waals surface area contributed by atoms with Crippen molar-refractivity contribution in [1.82, 2.24) is 15.5 Å². The molecule has 0 aliphatic carbocycles. The van der Waals surface area contributed by atoms with Crippen molar-refractivity contribution >= 4 is 5.96 Å². The third-order valence-electron chi connectivity index (χ3n) is 4.98. The summed E-state index contributed by atoms with van der Waals surface area (Å²) in [6.07, 6.45) is 3.96. The summed E-state index contributed by atoms with van der Waals surface area (Å²) in [5, 5.41) is 6.62. The molecular formula is C22H29FN4. The van der Waals surface area contributed by atoms with Crippen LogP contribution in [0.4, 0.5) is 4.39 Å². The van der Waals surface area contributed by atoms with Crippen LogP contribution >= 0.6 is 0 Å². The average molecular weight is 369 g/mol. The number of hydrogen-bond donors (Lipinski definition) is 2. The van der Waals surface area contributed by atoms with E-state index in [0.717, 1.165) is 12.1 Å². The van der Waals surface area contributed by atoms with Crippen LogP contribution in [0.25, 0.3) is 0 Å². The van der Waals surface area contributed by atoms with Gasteiger partial charge in [-0.25, -0.2) is 4.39 Å². The molecule has 1 heterocycles. The maximum absolute atomic E-state index is 13.3. The molecule has 144 valence electrons. The maximum Gasteiger partial charge on any atom is 0.191 e. The summed E-state index contributed by atoms with van der Waals surface area (Å²) in [5.41, 5.74) is 3.55. The van der Waals surface area contributed by atoms with Crippen LogP contribution in [-0.4, -0.2) is 31.0 Å². The first-order chi connectivity index (χ1) is 13.2. The monoisotopic (exact) mass is 368 g/mol. The predicted molar refractivity (Wildman–Crippen MR) is 109 cm³/mol. The van der Waals surface area contributed by atoms with E-state index in [1.54, 1.807) is 13.1 Å². The Morgan fingerprint density at radius 2 is 1.70 bits per heavy atom. The number of piperidine rings is 1. The molecule has 1 aliphatic heterocycles. The number of nitrogens with zero attached hydrogens (tertiary/aromatic N) is 2. The number of rotatable bonds is 6. The lowest BCUT2D eigenvalue weighted by molar-refractivity contribution is 0.220. The summed E-state index contributed by atoms with van der Waals surface area (Å²) in [7, 11) is 1.75. The number of hydrogen-bond acceptors (Lipinski definition) is 2. The van der Waals surface area contributed by atoms with Gasteiger partial charge in [0, 0.05) is 26.7 Å². The van der Waals surface area contributed by atoms with Crippen LogP contribution in [0.2, 0.25) is 0 Å². The van der Waals surface area contributed by atoms with Gasteiger partial charge in [-0.2, -0.15) is 0 Å². The number of nitrogens with one attached hydrogen (secondary N) is 2. The van der Waals surface area contributed by atoms with Gasteiger partial charge in [-0.1, -0.05) is 42.8 Å². The Balaban J connectivity index is 1.54. The number of guanidine groups is 1. The Bertz CT molecular complexity index is 753. The third-order valence-corrected chi connectivity index (χ3v) is 4.98. The zero-order valence-corrected chi connectivity index (χ0v) is 16.0. The van der Waals surface area contributed by atoms with Crippen LogP contribution in [0.1, 0.15) is 36.0 Å². The van der Waals surface area contributed by atoms with Crippen LogP contribution < -0.4 is 10.6 Å². The number of likely N-dealkylation sites (tertiary alicyclic amines) is 1. The van der Waals surface area contributed by atoms with E-state index in [1.807, 2.05) is 6.07 Å². The second-order valence-corrected chi connectivity index (χ2v) is 7.01. The topological polar surface area (TPSA) is 39.7 Å². The van der Waals surface area contributed by atoms with E-state index in [4.69, 9.17) is 0 Å². The second kappa shape index (κ2) is 10.1. The average Bonchev–Trinajstić information content (AvgIpc) is 2.70. The van der Waals surface area contributed by atoms with Gasteiger partial charge in [0.25, 0.3) is 0 Å². The van der Waals surface area contributed by atoms with E-state index < -0.39 is 0 Å². The molecule has 0 atom stereocenters. The molecule has 2 aromatic rings. The Morgan fingerprint density at radius 1 is 0.963 bits per heavy atom. The van der Waals surface area contributed by atoms with Crippen LogP contribution in [-0.2, 0) is 19.6 Å². The van der Waals surface area contributed by atoms with Crippen LogP contribution in [0.15, 0.2) is 53.5 Å². The molecule has 0 radical (unpaired) electrons. The smallest absolute Gasteiger partial charge is 0.191 e. The van der Waals surface area contributed by atoms with Gasteiger partial charge in [-0.05, 0) is 54.8 Å². The van der Waals surface area contributed by atoms with Gasteiger partial charge in [0.05, 0.1) is 0 Å². The first kappa shape index (κ1) is 19.4. The quantitative estimate of drug-likeness (QED) is 0.604. The maximum atomic E-state index is 13.3. The van der Waals surface area contributed by atoms with Crippen molar-refractivity contribution in [1.29, 1.82) is 0 Å². The fourth-order valence-electron chi connectivity index (χ4n) is 3.47. The van der Waals surface area contributed by atoms with Crippen LogP contribution in [0, 0.1) is 5.82 Å². The summed E-state index contributed by atoms with van der Waals surface area (Å²) in [4.78, 5) is 6.82. The first-order valence-electron chi connectivity index (χ1n) is 9.72. The fourth-order valence-corrected chi connectivity index (χ4v) is 3.47. The zero-order chi connectivity index (χ0) is 18.9. The highest BCUT2D eigenvalue weighted by Crippen LogP contribution is 2.16. The van der Waals surface area contributed by atoms with Crippen LogP contribution in [0.5, 0.6) is 0 Å². The van der Waals surface area contributed by atoms with E-state index in [0.29, 0.717) is 19.0 Å². The number of benzene rings is 2. The van der Waals surface area contributed by atoms with E-state index in [9.17, 15) is 4.39 Å². The third kappa shape index (κ3) is 6.07. The molecule has 0 unspecified atom stereocenters. The van der Waals surface area contributed by atoms with Crippen LogP contribution in [0.3, 0.4) is 0 Å². The van der Waals surface area contributed by atoms with Crippen molar-refractivity contribution in [3.63, 3.8) is 0 Å². The highest BCUT2D eigenvalue weighted by Gasteiger charge is 2.12. The van der Waals surface area contributed by atoms with E-state index >= 15 is 0 Å². The minimum atomic E-state index is -0.219. The van der Waals surface area contributed by atoms with Crippen molar-refractivity contribution < 1.29 is 4.39 Å². The van der Waals surface area contributed by atoms with Gasteiger partial charge in [0.15, 0.2) is 5.96 Å². The summed E-state index contributed by atoms with van der Waals surface area (Å²) in [6.45, 7) is 4.64. The summed E-state index contributed by atoms with van der Waals surface area (Å²) in [5.74, 6) is 0.496. The molecule has 0 aromatic heterocycles. The molecule has 0 spiro atoms. The Morgan fingerprint density at radius 3 is 2.44 bits per heavy atom.